The highest BCUT2D eigenvalue weighted by atomic mass is 35.5. The summed E-state index contributed by atoms with van der Waals surface area (Å²) < 4.78 is 5.36. The number of halogens is 1. The lowest BCUT2D eigenvalue weighted by Gasteiger charge is -2.23. The SMILES string of the molecule is CCCOc1nc(Cl)nc(NCCN(C)C(C)CC)n1. The highest BCUT2D eigenvalue weighted by Crippen LogP contribution is 2.11. The van der Waals surface area contributed by atoms with Gasteiger partial charge in [0.1, 0.15) is 0 Å². The van der Waals surface area contributed by atoms with Crippen molar-refractivity contribution < 1.29 is 4.74 Å². The summed E-state index contributed by atoms with van der Waals surface area (Å²) in [7, 11) is 2.10. The average Bonchev–Trinajstić information content (AvgIpc) is 2.43. The van der Waals surface area contributed by atoms with Gasteiger partial charge in [-0.1, -0.05) is 13.8 Å². The predicted molar refractivity (Wildman–Crippen MR) is 81.5 cm³/mol. The molecule has 0 radical (unpaired) electrons. The molecule has 1 N–H and O–H groups in total. The van der Waals surface area contributed by atoms with Crippen LogP contribution in [0.25, 0.3) is 0 Å². The number of anilines is 1. The van der Waals surface area contributed by atoms with Crippen molar-refractivity contribution in [2.75, 3.05) is 32.1 Å². The molecule has 1 aromatic rings. The third-order valence-electron chi connectivity index (χ3n) is 3.11. The maximum absolute atomic E-state index is 5.85. The number of ether oxygens (including phenoxy) is 1. The lowest BCUT2D eigenvalue weighted by molar-refractivity contribution is 0.261. The van der Waals surface area contributed by atoms with Crippen molar-refractivity contribution >= 4 is 17.5 Å². The standard InChI is InChI=1S/C13H24ClN5O/c1-5-9-20-13-17-11(14)16-12(18-13)15-7-8-19(4)10(3)6-2/h10H,5-9H2,1-4H3,(H,15,16,17,18). The van der Waals surface area contributed by atoms with Crippen LogP contribution in [0.4, 0.5) is 5.95 Å². The van der Waals surface area contributed by atoms with Crippen molar-refractivity contribution in [2.24, 2.45) is 0 Å². The Balaban J connectivity index is 2.48. The Hall–Kier alpha value is -1.14. The largest absolute Gasteiger partial charge is 0.463 e. The van der Waals surface area contributed by atoms with Gasteiger partial charge < -0.3 is 15.0 Å². The quantitative estimate of drug-likeness (QED) is 0.756. The minimum absolute atomic E-state index is 0.142. The third-order valence-corrected chi connectivity index (χ3v) is 3.28. The highest BCUT2D eigenvalue weighted by molar-refractivity contribution is 6.28. The maximum atomic E-state index is 5.85. The first kappa shape index (κ1) is 16.9. The van der Waals surface area contributed by atoms with Gasteiger partial charge in [0.2, 0.25) is 11.2 Å². The molecule has 7 heteroatoms. The van der Waals surface area contributed by atoms with E-state index in [9.17, 15) is 0 Å². The molecule has 6 nitrogen and oxygen atoms in total. The summed E-state index contributed by atoms with van der Waals surface area (Å²) in [5.74, 6) is 0.452. The van der Waals surface area contributed by atoms with E-state index in [-0.39, 0.29) is 11.3 Å². The van der Waals surface area contributed by atoms with Crippen molar-refractivity contribution in [2.45, 2.75) is 39.7 Å². The van der Waals surface area contributed by atoms with E-state index >= 15 is 0 Å². The number of rotatable bonds is 9. The van der Waals surface area contributed by atoms with Crippen LogP contribution in [0.2, 0.25) is 5.28 Å². The Bertz CT molecular complexity index is 404. The van der Waals surface area contributed by atoms with Crippen LogP contribution in [-0.2, 0) is 0 Å². The normalized spacial score (nSPS) is 12.5. The number of hydrogen-bond donors (Lipinski definition) is 1. The Kier molecular flexibility index (Phi) is 7.54. The highest BCUT2D eigenvalue weighted by Gasteiger charge is 2.08. The maximum Gasteiger partial charge on any atom is 0.322 e. The minimum Gasteiger partial charge on any atom is -0.463 e. The van der Waals surface area contributed by atoms with Crippen LogP contribution in [-0.4, -0.2) is 52.6 Å². The molecule has 0 aliphatic rings. The van der Waals surface area contributed by atoms with Gasteiger partial charge >= 0.3 is 6.01 Å². The van der Waals surface area contributed by atoms with E-state index in [4.69, 9.17) is 16.3 Å². The fourth-order valence-corrected chi connectivity index (χ4v) is 1.70. The van der Waals surface area contributed by atoms with Crippen molar-refractivity contribution in [3.05, 3.63) is 5.28 Å². The second-order valence-electron chi connectivity index (χ2n) is 4.72. The van der Waals surface area contributed by atoms with E-state index in [2.05, 4.69) is 46.1 Å². The molecule has 0 saturated carbocycles. The number of likely N-dealkylation sites (N-methyl/N-ethyl adjacent to an activating group) is 1. The first-order valence-corrected chi connectivity index (χ1v) is 7.43. The summed E-state index contributed by atoms with van der Waals surface area (Å²) in [6, 6.07) is 0.826. The van der Waals surface area contributed by atoms with E-state index in [1.54, 1.807) is 0 Å². The molecule has 20 heavy (non-hydrogen) atoms. The molecule has 0 spiro atoms. The Labute approximate surface area is 125 Å². The van der Waals surface area contributed by atoms with Crippen molar-refractivity contribution in [1.29, 1.82) is 0 Å². The molecule has 0 aromatic carbocycles. The number of nitrogens with one attached hydrogen (secondary N) is 1. The Morgan fingerprint density at radius 2 is 2.05 bits per heavy atom. The fourth-order valence-electron chi connectivity index (χ4n) is 1.54. The van der Waals surface area contributed by atoms with Crippen molar-refractivity contribution in [1.82, 2.24) is 19.9 Å². The molecule has 1 atom stereocenters. The van der Waals surface area contributed by atoms with Gasteiger partial charge in [0.15, 0.2) is 0 Å². The van der Waals surface area contributed by atoms with E-state index in [1.807, 2.05) is 6.92 Å². The van der Waals surface area contributed by atoms with Gasteiger partial charge in [0, 0.05) is 19.1 Å². The minimum atomic E-state index is 0.142. The van der Waals surface area contributed by atoms with Crippen molar-refractivity contribution in [3.63, 3.8) is 0 Å². The monoisotopic (exact) mass is 301 g/mol. The summed E-state index contributed by atoms with van der Waals surface area (Å²) in [4.78, 5) is 14.4. The summed E-state index contributed by atoms with van der Waals surface area (Å²) in [5.41, 5.74) is 0. The number of nitrogens with zero attached hydrogens (tertiary/aromatic N) is 4. The van der Waals surface area contributed by atoms with E-state index in [0.717, 1.165) is 25.9 Å². The Morgan fingerprint density at radius 3 is 2.70 bits per heavy atom. The molecule has 0 bridgehead atoms. The van der Waals surface area contributed by atoms with Crippen LogP contribution in [0.5, 0.6) is 6.01 Å². The topological polar surface area (TPSA) is 63.2 Å². The predicted octanol–water partition coefficient (Wildman–Crippen LogP) is 2.46. The molecule has 1 heterocycles. The smallest absolute Gasteiger partial charge is 0.322 e. The van der Waals surface area contributed by atoms with Gasteiger partial charge in [-0.3, -0.25) is 0 Å². The molecular weight excluding hydrogens is 278 g/mol. The lowest BCUT2D eigenvalue weighted by Crippen LogP contribution is -2.32. The molecular formula is C13H24ClN5O. The van der Waals surface area contributed by atoms with E-state index in [0.29, 0.717) is 18.6 Å². The average molecular weight is 302 g/mol. The second-order valence-corrected chi connectivity index (χ2v) is 5.06. The van der Waals surface area contributed by atoms with Gasteiger partial charge in [-0.25, -0.2) is 0 Å². The molecule has 1 unspecified atom stereocenters. The van der Waals surface area contributed by atoms with Gasteiger partial charge in [0.25, 0.3) is 0 Å². The summed E-state index contributed by atoms with van der Waals surface area (Å²) >= 11 is 5.85. The first-order chi connectivity index (χ1) is 9.56. The molecule has 0 fully saturated rings. The molecule has 0 amide bonds. The van der Waals surface area contributed by atoms with E-state index in [1.165, 1.54) is 0 Å². The molecule has 1 aromatic heterocycles. The molecule has 0 saturated heterocycles. The first-order valence-electron chi connectivity index (χ1n) is 7.05. The lowest BCUT2D eigenvalue weighted by atomic mass is 10.2. The number of hydrogen-bond acceptors (Lipinski definition) is 6. The van der Waals surface area contributed by atoms with Crippen LogP contribution < -0.4 is 10.1 Å². The van der Waals surface area contributed by atoms with Crippen LogP contribution in [0, 0.1) is 0 Å². The van der Waals surface area contributed by atoms with Gasteiger partial charge in [-0.05, 0) is 38.4 Å². The van der Waals surface area contributed by atoms with Crippen molar-refractivity contribution in [3.8, 4) is 6.01 Å². The summed E-state index contributed by atoms with van der Waals surface area (Å²) in [6.45, 7) is 8.62. The third kappa shape index (κ3) is 5.88. The van der Waals surface area contributed by atoms with Gasteiger partial charge in [-0.15, -0.1) is 0 Å². The van der Waals surface area contributed by atoms with Crippen LogP contribution in [0.15, 0.2) is 0 Å². The number of aromatic nitrogens is 3. The second kappa shape index (κ2) is 8.92. The molecule has 114 valence electrons. The fraction of sp³-hybridized carbons (Fsp3) is 0.769. The zero-order valence-corrected chi connectivity index (χ0v) is 13.4. The summed E-state index contributed by atoms with van der Waals surface area (Å²) in [5, 5.41) is 3.29. The zero-order valence-electron chi connectivity index (χ0n) is 12.7. The zero-order chi connectivity index (χ0) is 15.0. The van der Waals surface area contributed by atoms with Gasteiger partial charge in [-0.2, -0.15) is 15.0 Å². The molecule has 0 aliphatic carbocycles. The van der Waals surface area contributed by atoms with Crippen LogP contribution in [0.1, 0.15) is 33.6 Å². The van der Waals surface area contributed by atoms with Crippen LogP contribution >= 0.6 is 11.6 Å². The van der Waals surface area contributed by atoms with Crippen LogP contribution in [0.3, 0.4) is 0 Å². The molecule has 1 rings (SSSR count). The summed E-state index contributed by atoms with van der Waals surface area (Å²) in [6.07, 6.45) is 2.02. The molecule has 0 aliphatic heterocycles. The van der Waals surface area contributed by atoms with Gasteiger partial charge in [0.05, 0.1) is 6.61 Å². The Morgan fingerprint density at radius 1 is 1.30 bits per heavy atom. The van der Waals surface area contributed by atoms with E-state index < -0.39 is 0 Å².